The van der Waals surface area contributed by atoms with Crippen LogP contribution in [-0.4, -0.2) is 59.4 Å². The molecule has 2 saturated heterocycles. The number of hydrogen-bond acceptors (Lipinski definition) is 5. The summed E-state index contributed by atoms with van der Waals surface area (Å²) in [5.41, 5.74) is -1.49. The van der Waals surface area contributed by atoms with Crippen molar-refractivity contribution in [1.29, 1.82) is 0 Å². The molecule has 1 aliphatic carbocycles. The molecule has 3 aliphatic rings. The highest BCUT2D eigenvalue weighted by molar-refractivity contribution is 5.86. The monoisotopic (exact) mass is 363 g/mol. The molecule has 0 bridgehead atoms. The first-order chi connectivity index (χ1) is 12.6. The molecule has 1 saturated carbocycles. The molecular formula is C19H26FN3O3. The molecule has 3 heterocycles. The maximum absolute atomic E-state index is 14.5. The molecule has 1 aromatic rings. The van der Waals surface area contributed by atoms with Crippen molar-refractivity contribution in [1.82, 2.24) is 14.9 Å². The van der Waals surface area contributed by atoms with Gasteiger partial charge in [-0.15, -0.1) is 0 Å². The molecule has 0 radical (unpaired) electrons. The molecule has 0 unspecified atom stereocenters. The van der Waals surface area contributed by atoms with Gasteiger partial charge < -0.3 is 14.4 Å². The van der Waals surface area contributed by atoms with E-state index in [1.54, 1.807) is 23.5 Å². The number of alkyl halides is 1. The van der Waals surface area contributed by atoms with Crippen LogP contribution in [0.2, 0.25) is 0 Å². The van der Waals surface area contributed by atoms with Crippen LogP contribution in [0.4, 0.5) is 4.39 Å². The van der Waals surface area contributed by atoms with Crippen LogP contribution in [-0.2, 0) is 9.53 Å². The SMILES string of the molecule is O=C(N1CCC2(CCOC[C@@H]2COc2cnccn2)CC1)C1(F)CCC1. The van der Waals surface area contributed by atoms with Gasteiger partial charge in [-0.25, -0.2) is 9.37 Å². The van der Waals surface area contributed by atoms with E-state index in [4.69, 9.17) is 9.47 Å². The van der Waals surface area contributed by atoms with Crippen LogP contribution in [0, 0.1) is 11.3 Å². The average Bonchev–Trinajstić information content (AvgIpc) is 2.66. The molecular weight excluding hydrogens is 337 g/mol. The van der Waals surface area contributed by atoms with Gasteiger partial charge in [0.05, 0.1) is 19.4 Å². The van der Waals surface area contributed by atoms with Crippen LogP contribution < -0.4 is 4.74 Å². The predicted octanol–water partition coefficient (Wildman–Crippen LogP) is 2.39. The van der Waals surface area contributed by atoms with Crippen molar-refractivity contribution in [2.24, 2.45) is 11.3 Å². The Bertz CT molecular complexity index is 630. The molecule has 7 heteroatoms. The van der Waals surface area contributed by atoms with E-state index in [9.17, 15) is 9.18 Å². The molecule has 4 rings (SSSR count). The molecule has 2 aliphatic heterocycles. The zero-order chi connectivity index (χ0) is 18.0. The third-order valence-corrected chi connectivity index (χ3v) is 6.48. The third kappa shape index (κ3) is 3.29. The largest absolute Gasteiger partial charge is 0.476 e. The Morgan fingerprint density at radius 3 is 2.73 bits per heavy atom. The van der Waals surface area contributed by atoms with Crippen molar-refractivity contribution < 1.29 is 18.7 Å². The van der Waals surface area contributed by atoms with Gasteiger partial charge >= 0.3 is 0 Å². The molecule has 1 amide bonds. The molecule has 142 valence electrons. The van der Waals surface area contributed by atoms with E-state index in [-0.39, 0.29) is 17.2 Å². The van der Waals surface area contributed by atoms with Crippen LogP contribution in [0.15, 0.2) is 18.6 Å². The summed E-state index contributed by atoms with van der Waals surface area (Å²) in [6.07, 6.45) is 9.15. The quantitative estimate of drug-likeness (QED) is 0.822. The fourth-order valence-electron chi connectivity index (χ4n) is 4.45. The Morgan fingerprint density at radius 1 is 1.27 bits per heavy atom. The average molecular weight is 363 g/mol. The van der Waals surface area contributed by atoms with Crippen molar-refractivity contribution in [2.75, 3.05) is 32.9 Å². The number of nitrogens with zero attached hydrogens (tertiary/aromatic N) is 3. The number of ether oxygens (including phenoxy) is 2. The summed E-state index contributed by atoms with van der Waals surface area (Å²) in [5, 5.41) is 0. The number of halogens is 1. The molecule has 0 aromatic carbocycles. The third-order valence-electron chi connectivity index (χ3n) is 6.48. The van der Waals surface area contributed by atoms with Gasteiger partial charge in [-0.3, -0.25) is 9.78 Å². The summed E-state index contributed by atoms with van der Waals surface area (Å²) in [7, 11) is 0. The number of carbonyl (C=O) groups excluding carboxylic acids is 1. The van der Waals surface area contributed by atoms with E-state index >= 15 is 0 Å². The second kappa shape index (κ2) is 7.10. The first-order valence-corrected chi connectivity index (χ1v) is 9.56. The second-order valence-corrected chi connectivity index (χ2v) is 7.85. The minimum Gasteiger partial charge on any atom is -0.476 e. The highest BCUT2D eigenvalue weighted by Crippen LogP contribution is 2.46. The number of carbonyl (C=O) groups is 1. The van der Waals surface area contributed by atoms with E-state index in [1.807, 2.05) is 0 Å². The molecule has 0 N–H and O–H groups in total. The predicted molar refractivity (Wildman–Crippen MR) is 92.4 cm³/mol. The van der Waals surface area contributed by atoms with Gasteiger partial charge in [0.15, 0.2) is 5.67 Å². The van der Waals surface area contributed by atoms with Crippen molar-refractivity contribution in [2.45, 2.75) is 44.2 Å². The van der Waals surface area contributed by atoms with Crippen molar-refractivity contribution in [3.05, 3.63) is 18.6 Å². The standard InChI is InChI=1S/C19H26FN3O3/c20-19(2-1-3-19)17(24)23-9-4-18(5-10-23)6-11-25-13-15(18)14-26-16-12-21-7-8-22-16/h7-8,12,15H,1-6,9-11,13-14H2/t15-/m1/s1. The lowest BCUT2D eigenvalue weighted by molar-refractivity contribution is -0.155. The smallest absolute Gasteiger partial charge is 0.260 e. The van der Waals surface area contributed by atoms with Crippen molar-refractivity contribution in [3.8, 4) is 5.88 Å². The van der Waals surface area contributed by atoms with Gasteiger partial charge in [0.25, 0.3) is 5.91 Å². The zero-order valence-corrected chi connectivity index (χ0v) is 15.0. The number of piperidine rings is 1. The minimum atomic E-state index is -1.59. The van der Waals surface area contributed by atoms with Gasteiger partial charge in [-0.2, -0.15) is 0 Å². The minimum absolute atomic E-state index is 0.0975. The summed E-state index contributed by atoms with van der Waals surface area (Å²) in [6, 6.07) is 0. The lowest BCUT2D eigenvalue weighted by Crippen LogP contribution is -2.56. The maximum atomic E-state index is 14.5. The van der Waals surface area contributed by atoms with Gasteiger partial charge in [0.1, 0.15) is 0 Å². The number of amides is 1. The highest BCUT2D eigenvalue weighted by atomic mass is 19.1. The van der Waals surface area contributed by atoms with Crippen LogP contribution >= 0.6 is 0 Å². The van der Waals surface area contributed by atoms with Crippen molar-refractivity contribution in [3.63, 3.8) is 0 Å². The fourth-order valence-corrected chi connectivity index (χ4v) is 4.45. The summed E-state index contributed by atoms with van der Waals surface area (Å²) >= 11 is 0. The van der Waals surface area contributed by atoms with Gasteiger partial charge in [0, 0.05) is 38.0 Å². The van der Waals surface area contributed by atoms with Crippen LogP contribution in [0.25, 0.3) is 0 Å². The number of aromatic nitrogens is 2. The summed E-state index contributed by atoms with van der Waals surface area (Å²) in [6.45, 7) is 3.18. The Kier molecular flexibility index (Phi) is 4.82. The fraction of sp³-hybridized carbons (Fsp3) is 0.737. The molecule has 1 aromatic heterocycles. The van der Waals surface area contributed by atoms with E-state index in [0.29, 0.717) is 45.0 Å². The molecule has 1 spiro atoms. The Labute approximate surface area is 153 Å². The van der Waals surface area contributed by atoms with E-state index < -0.39 is 5.67 Å². The lowest BCUT2D eigenvalue weighted by atomic mass is 9.66. The molecule has 3 fully saturated rings. The molecule has 26 heavy (non-hydrogen) atoms. The highest BCUT2D eigenvalue weighted by Gasteiger charge is 2.50. The zero-order valence-electron chi connectivity index (χ0n) is 15.0. The number of likely N-dealkylation sites (tertiary alicyclic amines) is 1. The number of hydrogen-bond donors (Lipinski definition) is 0. The van der Waals surface area contributed by atoms with Crippen LogP contribution in [0.1, 0.15) is 38.5 Å². The first-order valence-electron chi connectivity index (χ1n) is 9.56. The maximum Gasteiger partial charge on any atom is 0.260 e. The first kappa shape index (κ1) is 17.6. The normalized spacial score (nSPS) is 27.0. The topological polar surface area (TPSA) is 64.6 Å². The van der Waals surface area contributed by atoms with E-state index in [0.717, 1.165) is 32.3 Å². The Balaban J connectivity index is 1.37. The van der Waals surface area contributed by atoms with Gasteiger partial charge in [-0.05, 0) is 43.9 Å². The second-order valence-electron chi connectivity index (χ2n) is 7.85. The van der Waals surface area contributed by atoms with E-state index in [1.165, 1.54) is 0 Å². The van der Waals surface area contributed by atoms with Gasteiger partial charge in [-0.1, -0.05) is 0 Å². The Hall–Kier alpha value is -1.76. The number of rotatable bonds is 4. The molecule has 1 atom stereocenters. The molecule has 6 nitrogen and oxygen atoms in total. The Morgan fingerprint density at radius 2 is 2.08 bits per heavy atom. The van der Waals surface area contributed by atoms with Crippen LogP contribution in [0.5, 0.6) is 5.88 Å². The summed E-state index contributed by atoms with van der Waals surface area (Å²) < 4.78 is 26.0. The van der Waals surface area contributed by atoms with Crippen LogP contribution in [0.3, 0.4) is 0 Å². The van der Waals surface area contributed by atoms with Crippen molar-refractivity contribution >= 4 is 5.91 Å². The summed E-state index contributed by atoms with van der Waals surface area (Å²) in [4.78, 5) is 22.4. The van der Waals surface area contributed by atoms with E-state index in [2.05, 4.69) is 9.97 Å². The lowest BCUT2D eigenvalue weighted by Gasteiger charge is -2.50. The summed E-state index contributed by atoms with van der Waals surface area (Å²) in [5.74, 6) is 0.474. The van der Waals surface area contributed by atoms with Gasteiger partial charge in [0.2, 0.25) is 5.88 Å².